The second kappa shape index (κ2) is 8.46. The highest BCUT2D eigenvalue weighted by atomic mass is 16.1. The van der Waals surface area contributed by atoms with Crippen molar-refractivity contribution >= 4 is 27.7 Å². The van der Waals surface area contributed by atoms with Crippen LogP contribution in [0.3, 0.4) is 0 Å². The van der Waals surface area contributed by atoms with Crippen LogP contribution in [0.2, 0.25) is 0 Å². The fraction of sp³-hybridized carbons (Fsp3) is 0.269. The molecule has 1 fully saturated rings. The van der Waals surface area contributed by atoms with Crippen molar-refractivity contribution in [1.82, 2.24) is 34.6 Å². The van der Waals surface area contributed by atoms with Gasteiger partial charge >= 0.3 is 0 Å². The number of carbonyl (C=O) groups is 1. The van der Waals surface area contributed by atoms with Gasteiger partial charge in [-0.15, -0.1) is 0 Å². The lowest BCUT2D eigenvalue weighted by Crippen LogP contribution is -2.31. The highest BCUT2D eigenvalue weighted by Crippen LogP contribution is 2.25. The number of benzene rings is 1. The Labute approximate surface area is 196 Å². The normalized spacial score (nSPS) is 15.3. The highest BCUT2D eigenvalue weighted by molar-refractivity contribution is 5.97. The third-order valence-corrected chi connectivity index (χ3v) is 6.67. The molecule has 5 heterocycles. The number of fused-ring (bicyclic) bond motifs is 2. The molecule has 0 saturated carbocycles. The van der Waals surface area contributed by atoms with Gasteiger partial charge in [0.05, 0.1) is 40.8 Å². The zero-order valence-electron chi connectivity index (χ0n) is 19.0. The Balaban J connectivity index is 1.22. The summed E-state index contributed by atoms with van der Waals surface area (Å²) in [5, 5.41) is 5.40. The van der Waals surface area contributed by atoms with Crippen LogP contribution in [0, 0.1) is 0 Å². The summed E-state index contributed by atoms with van der Waals surface area (Å²) in [6, 6.07) is 10.5. The van der Waals surface area contributed by atoms with Crippen molar-refractivity contribution in [1.29, 1.82) is 0 Å². The van der Waals surface area contributed by atoms with Crippen LogP contribution in [0.4, 0.5) is 0 Å². The Kier molecular flexibility index (Phi) is 5.15. The number of Topliss-reactive ketones (excluding diaryl/α,β-unsaturated/α-hetero) is 1. The number of aromatic nitrogens is 6. The number of piperidine rings is 1. The molecule has 1 aliphatic rings. The van der Waals surface area contributed by atoms with Gasteiger partial charge in [0.15, 0.2) is 5.78 Å². The summed E-state index contributed by atoms with van der Waals surface area (Å²) in [6.45, 7) is 2.10. The van der Waals surface area contributed by atoms with Crippen molar-refractivity contribution in [2.24, 2.45) is 0 Å². The largest absolute Gasteiger partial charge is 0.360 e. The van der Waals surface area contributed by atoms with Crippen molar-refractivity contribution in [3.63, 3.8) is 0 Å². The number of carbonyl (C=O) groups excluding carboxylic acids is 1. The first-order valence-corrected chi connectivity index (χ1v) is 11.6. The number of nitrogens with one attached hydrogen (secondary N) is 1. The molecule has 0 radical (unpaired) electrons. The maximum Gasteiger partial charge on any atom is 0.173 e. The summed E-state index contributed by atoms with van der Waals surface area (Å²) in [6.07, 6.45) is 11.3. The number of hydrogen-bond donors (Lipinski definition) is 1. The summed E-state index contributed by atoms with van der Waals surface area (Å²) in [7, 11) is 2.14. The third-order valence-electron chi connectivity index (χ3n) is 6.67. The first-order valence-electron chi connectivity index (χ1n) is 11.6. The molecule has 0 unspecified atom stereocenters. The average molecular weight is 452 g/mol. The van der Waals surface area contributed by atoms with Gasteiger partial charge in [-0.2, -0.15) is 5.10 Å². The molecular weight excluding hydrogens is 426 g/mol. The summed E-state index contributed by atoms with van der Waals surface area (Å²) >= 11 is 0. The molecule has 5 aromatic rings. The van der Waals surface area contributed by atoms with Gasteiger partial charge in [-0.3, -0.25) is 14.5 Å². The van der Waals surface area contributed by atoms with Crippen LogP contribution >= 0.6 is 0 Å². The molecule has 6 rings (SSSR count). The lowest BCUT2D eigenvalue weighted by Gasteiger charge is -2.28. The fourth-order valence-corrected chi connectivity index (χ4v) is 4.61. The molecule has 0 amide bonds. The number of pyridine rings is 1. The minimum Gasteiger partial charge on any atom is -0.360 e. The molecule has 170 valence electrons. The molecule has 34 heavy (non-hydrogen) atoms. The maximum absolute atomic E-state index is 12.9. The van der Waals surface area contributed by atoms with E-state index in [-0.39, 0.29) is 12.2 Å². The van der Waals surface area contributed by atoms with Gasteiger partial charge in [0.25, 0.3) is 0 Å². The molecule has 1 saturated heterocycles. The lowest BCUT2D eigenvalue weighted by molar-refractivity contribution is 0.0990. The van der Waals surface area contributed by atoms with E-state index in [4.69, 9.17) is 4.98 Å². The fourth-order valence-electron chi connectivity index (χ4n) is 4.61. The molecule has 0 aliphatic carbocycles. The van der Waals surface area contributed by atoms with Crippen molar-refractivity contribution < 1.29 is 4.79 Å². The molecule has 0 bridgehead atoms. The second-order valence-corrected chi connectivity index (χ2v) is 9.04. The van der Waals surface area contributed by atoms with Crippen molar-refractivity contribution in [3.05, 3.63) is 72.7 Å². The Morgan fingerprint density at radius 3 is 2.79 bits per heavy atom. The minimum absolute atomic E-state index is 0.0175. The molecular formula is C26H25N7O. The van der Waals surface area contributed by atoms with Crippen molar-refractivity contribution in [3.8, 4) is 11.1 Å². The van der Waals surface area contributed by atoms with Gasteiger partial charge in [-0.25, -0.2) is 9.97 Å². The predicted molar refractivity (Wildman–Crippen MR) is 131 cm³/mol. The van der Waals surface area contributed by atoms with Crippen LogP contribution < -0.4 is 0 Å². The van der Waals surface area contributed by atoms with Gasteiger partial charge in [-0.1, -0.05) is 12.1 Å². The van der Waals surface area contributed by atoms with E-state index in [1.807, 2.05) is 47.5 Å². The molecule has 1 aromatic carbocycles. The Bertz CT molecular complexity index is 1490. The van der Waals surface area contributed by atoms with Gasteiger partial charge in [0, 0.05) is 35.7 Å². The molecule has 8 heteroatoms. The molecule has 0 atom stereocenters. The van der Waals surface area contributed by atoms with Gasteiger partial charge in [0.2, 0.25) is 0 Å². The van der Waals surface area contributed by atoms with Crippen molar-refractivity contribution in [2.75, 3.05) is 20.1 Å². The highest BCUT2D eigenvalue weighted by Gasteiger charge is 2.20. The second-order valence-electron chi connectivity index (χ2n) is 9.04. The minimum atomic E-state index is -0.0175. The van der Waals surface area contributed by atoms with E-state index in [0.717, 1.165) is 59.0 Å². The monoisotopic (exact) mass is 451 g/mol. The molecule has 1 aliphatic heterocycles. The number of nitrogens with zero attached hydrogens (tertiary/aromatic N) is 6. The zero-order chi connectivity index (χ0) is 23.1. The van der Waals surface area contributed by atoms with Crippen LogP contribution in [-0.2, 0) is 6.42 Å². The van der Waals surface area contributed by atoms with E-state index < -0.39 is 0 Å². The van der Waals surface area contributed by atoms with E-state index in [9.17, 15) is 4.79 Å². The summed E-state index contributed by atoms with van der Waals surface area (Å²) < 4.78 is 1.95. The zero-order valence-corrected chi connectivity index (χ0v) is 19.0. The number of H-pyrrole nitrogens is 1. The lowest BCUT2D eigenvalue weighted by atomic mass is 10.1. The number of likely N-dealkylation sites (tertiary alicyclic amines) is 1. The molecule has 4 aromatic heterocycles. The topological polar surface area (TPSA) is 92.6 Å². The standard InChI is InChI=1S/C26H25N7O/c1-32-8-5-21(6-9-32)33-16-20(15-30-33)25(34)12-26-29-13-18-3-2-17(10-23(18)31-26)19-11-24-22(28-14-19)4-7-27-24/h2-4,7,10-11,13-16,21,27H,5-6,8-9,12H2,1H3. The molecule has 1 N–H and O–H groups in total. The first-order chi connectivity index (χ1) is 16.6. The van der Waals surface area contributed by atoms with Gasteiger partial charge in [-0.05, 0) is 56.7 Å². The number of hydrogen-bond acceptors (Lipinski definition) is 6. The van der Waals surface area contributed by atoms with Crippen LogP contribution in [0.15, 0.2) is 61.3 Å². The Morgan fingerprint density at radius 2 is 1.91 bits per heavy atom. The Hall–Kier alpha value is -3.91. The molecule has 8 nitrogen and oxygen atoms in total. The van der Waals surface area contributed by atoms with Gasteiger partial charge in [0.1, 0.15) is 5.82 Å². The van der Waals surface area contributed by atoms with Crippen molar-refractivity contribution in [2.45, 2.75) is 25.3 Å². The summed E-state index contributed by atoms with van der Waals surface area (Å²) in [5.41, 5.74) is 5.38. The number of ketones is 1. The first kappa shape index (κ1) is 20.7. The van der Waals surface area contributed by atoms with E-state index in [2.05, 4.69) is 38.1 Å². The van der Waals surface area contributed by atoms with E-state index in [1.165, 1.54) is 0 Å². The smallest absolute Gasteiger partial charge is 0.173 e. The number of aromatic amines is 1. The maximum atomic E-state index is 12.9. The van der Waals surface area contributed by atoms with Crippen LogP contribution in [0.5, 0.6) is 0 Å². The number of rotatable bonds is 5. The SMILES string of the molecule is CN1CCC(n2cc(C(=O)Cc3ncc4ccc(-c5cnc6cc[nH]c6c5)cc4n3)cn2)CC1. The quantitative estimate of drug-likeness (QED) is 0.405. The van der Waals surface area contributed by atoms with Crippen LogP contribution in [0.1, 0.15) is 35.1 Å². The summed E-state index contributed by atoms with van der Waals surface area (Å²) in [5.74, 6) is 0.496. The predicted octanol–water partition coefficient (Wildman–Crippen LogP) is 4.06. The third kappa shape index (κ3) is 3.97. The Morgan fingerprint density at radius 1 is 1.03 bits per heavy atom. The van der Waals surface area contributed by atoms with Crippen LogP contribution in [-0.4, -0.2) is 60.5 Å². The average Bonchev–Trinajstić information content (AvgIpc) is 3.54. The molecule has 0 spiro atoms. The van der Waals surface area contributed by atoms with E-state index in [1.54, 1.807) is 12.4 Å². The van der Waals surface area contributed by atoms with E-state index >= 15 is 0 Å². The van der Waals surface area contributed by atoms with Gasteiger partial charge < -0.3 is 9.88 Å². The van der Waals surface area contributed by atoms with E-state index in [0.29, 0.717) is 17.4 Å². The summed E-state index contributed by atoms with van der Waals surface area (Å²) in [4.78, 5) is 32.1. The van der Waals surface area contributed by atoms with Crippen LogP contribution in [0.25, 0.3) is 33.1 Å².